The van der Waals surface area contributed by atoms with Crippen molar-refractivity contribution in [3.8, 4) is 56.5 Å². The molecule has 0 radical (unpaired) electrons. The Kier molecular flexibility index (Phi) is 29.7. The number of carboxylic acids is 2. The van der Waals surface area contributed by atoms with E-state index < -0.39 is 144 Å². The number of nitrogens with zero attached hydrogens (tertiary/aromatic N) is 14. The van der Waals surface area contributed by atoms with Crippen LogP contribution < -0.4 is 52.0 Å². The second-order valence-corrected chi connectivity index (χ2v) is 35.1. The number of carboxylic acid groups (broad SMARTS) is 2. The number of likely N-dealkylation sites (N-methyl/N-ethyl adjacent to an activating group) is 2. The minimum absolute atomic E-state index is 0.00431. The maximum Gasteiger partial charge on any atom is 0.326 e. The standard InChI is InChI=1S/C98H110N22O14/c1-57(2)87(105-89(121)59(5)99-7)95(127)117-51-73-49-85(117)93(125)101-77(45-63-25-31-65-17-9-11-19-67(65)41-63)91(123)103-79(97(129)130)43-61-27-33-75(34-28-61)133-40-16-38-116-54-82(108-112-116)70-22-14-24-72(48-70)84-56-120(114-110-84)74-50-86(118(52-74)96(128)88(58(3)4)106-90(122)60(6)100-8)94(126)102-78(46-64-26-32-66-18-10-12-20-68(66)42-64)92(124)104-80(98(131)132)44-62-29-35-76(36-30-62)134-39-15-37-115-53-81(107-111-115)69-21-13-23-71(47-69)83-55-119(73)113-109-83/h9-14,17-36,41-42,47-48,53-60,73-74,77-80,85-88,99-100H,15-16,37-40,43-46,49-52H2,1-8H3,(H,101,125)(H,102,126)(H,103,123)(H,104,124)(H,105,121)(H,106,122)(H,129,130)(H,131,132)/t59-,60-,73-,74-,77-,78-,79-,80-,85-,86-,87-,88-/m0/s1. The highest BCUT2D eigenvalue weighted by atomic mass is 16.5. The smallest absolute Gasteiger partial charge is 0.326 e. The zero-order valence-electron chi connectivity index (χ0n) is 75.7. The van der Waals surface area contributed by atoms with Crippen LogP contribution in [0.15, 0.2) is 207 Å². The molecule has 6 aliphatic rings. The average Bonchev–Trinajstić information content (AvgIpc) is 1.64. The minimum atomic E-state index is -1.48. The van der Waals surface area contributed by atoms with Crippen LogP contribution in [0.5, 0.6) is 11.5 Å². The number of nitrogens with one attached hydrogen (secondary N) is 8. The largest absolute Gasteiger partial charge is 0.494 e. The summed E-state index contributed by atoms with van der Waals surface area (Å²) in [4.78, 5) is 148. The molecule has 8 amide bonds. The molecule has 10 N–H and O–H groups in total. The molecule has 0 saturated carbocycles. The van der Waals surface area contributed by atoms with E-state index in [9.17, 15) is 39.0 Å². The lowest BCUT2D eigenvalue weighted by atomic mass is 9.99. The third-order valence-electron chi connectivity index (χ3n) is 24.9. The van der Waals surface area contributed by atoms with E-state index in [0.29, 0.717) is 105 Å². The molecule has 696 valence electrons. The Balaban J connectivity index is 0.699. The summed E-state index contributed by atoms with van der Waals surface area (Å²) in [5.41, 5.74) is 7.21. The Morgan fingerprint density at radius 2 is 0.791 bits per heavy atom. The van der Waals surface area contributed by atoms with Gasteiger partial charge in [-0.05, 0) is 120 Å². The molecule has 2 saturated heterocycles. The van der Waals surface area contributed by atoms with Gasteiger partial charge in [-0.3, -0.25) is 47.7 Å². The molecule has 2 fully saturated rings. The van der Waals surface area contributed by atoms with Gasteiger partial charge in [0.15, 0.2) is 0 Å². The number of aromatic nitrogens is 12. The van der Waals surface area contributed by atoms with Crippen molar-refractivity contribution in [1.29, 1.82) is 0 Å². The van der Waals surface area contributed by atoms with Gasteiger partial charge in [0.25, 0.3) is 0 Å². The van der Waals surface area contributed by atoms with Gasteiger partial charge in [0.05, 0.1) is 62.2 Å². The van der Waals surface area contributed by atoms with Crippen LogP contribution in [0.2, 0.25) is 0 Å². The number of carbonyl (C=O) groups excluding carboxylic acids is 8. The van der Waals surface area contributed by atoms with Crippen molar-refractivity contribution in [2.75, 3.05) is 40.4 Å². The Morgan fingerprint density at radius 3 is 1.16 bits per heavy atom. The summed E-state index contributed by atoms with van der Waals surface area (Å²) in [6.07, 6.45) is 7.59. The van der Waals surface area contributed by atoms with Gasteiger partial charge in [-0.2, -0.15) is 0 Å². The number of ether oxygens (including phenoxy) is 2. The molecule has 0 aliphatic carbocycles. The number of hydrogen-bond acceptors (Lipinski definition) is 22. The molecule has 36 heteroatoms. The van der Waals surface area contributed by atoms with E-state index in [4.69, 9.17) is 9.47 Å². The van der Waals surface area contributed by atoms with E-state index in [2.05, 4.69) is 83.8 Å². The summed E-state index contributed by atoms with van der Waals surface area (Å²) >= 11 is 0. The SMILES string of the molecule is CN[C@@H](C)C(=O)N[C@H](C(=O)N1C[C@@H]2C[C@H]1C(=O)N[C@@H](Cc1ccc3ccccc3c1)C(=O)N[C@H](C(=O)O)Cc1ccc(cc1)OCCCn1cc(nn1)-c1cccc(c1)-c1cn(nn1)[C@H]1C[C@@H](C(=O)N[C@@H](Cc3ccc4ccccc4c3)C(=O)N[C@H](C(=O)O)Cc3ccc(cc3)OCCCn3cc(nn3)-c3cccc(c3)-c3cn2nn3)N(C(=O)[C@@H](NC(=O)[C@H](C)NC)C(C)C)C1)C(C)C. The number of aliphatic carboxylic acids is 2. The average molecular weight is 1820 g/mol. The molecule has 0 spiro atoms. The summed E-state index contributed by atoms with van der Waals surface area (Å²) in [6, 6.07) is 42.2. The lowest BCUT2D eigenvalue weighted by Gasteiger charge is -2.32. The second-order valence-electron chi connectivity index (χ2n) is 35.1. The molecule has 20 bridgehead atoms. The highest BCUT2D eigenvalue weighted by Crippen LogP contribution is 2.35. The number of benzene rings is 8. The summed E-state index contributed by atoms with van der Waals surface area (Å²) in [5.74, 6) is -7.51. The molecule has 10 heterocycles. The molecule has 6 aliphatic heterocycles. The van der Waals surface area contributed by atoms with Crippen LogP contribution in [0.1, 0.15) is 102 Å². The van der Waals surface area contributed by atoms with Gasteiger partial charge >= 0.3 is 11.9 Å². The van der Waals surface area contributed by atoms with E-state index in [1.807, 2.05) is 133 Å². The van der Waals surface area contributed by atoms with Crippen LogP contribution in [0.25, 0.3) is 66.6 Å². The number of hydrogen-bond donors (Lipinski definition) is 10. The van der Waals surface area contributed by atoms with Gasteiger partial charge in [0, 0.05) is 99.8 Å². The summed E-state index contributed by atoms with van der Waals surface area (Å²) in [6.45, 7) is 11.7. The summed E-state index contributed by atoms with van der Waals surface area (Å²) < 4.78 is 18.9. The highest BCUT2D eigenvalue weighted by Gasteiger charge is 2.48. The molecule has 12 atom stereocenters. The van der Waals surface area contributed by atoms with E-state index in [1.165, 1.54) is 9.80 Å². The van der Waals surface area contributed by atoms with E-state index >= 15 is 19.2 Å². The van der Waals surface area contributed by atoms with Crippen LogP contribution in [-0.4, -0.2) is 240 Å². The van der Waals surface area contributed by atoms with Gasteiger partial charge in [0.1, 0.15) is 82.6 Å². The molecule has 18 rings (SSSR count). The fourth-order valence-corrected chi connectivity index (χ4v) is 17.0. The van der Waals surface area contributed by atoms with Crippen molar-refractivity contribution in [3.05, 3.63) is 229 Å². The highest BCUT2D eigenvalue weighted by molar-refractivity contribution is 5.98. The second kappa shape index (κ2) is 42.5. The van der Waals surface area contributed by atoms with Crippen LogP contribution in [-0.2, 0) is 86.7 Å². The van der Waals surface area contributed by atoms with Gasteiger partial charge in [-0.1, -0.05) is 194 Å². The van der Waals surface area contributed by atoms with Crippen molar-refractivity contribution < 1.29 is 67.6 Å². The molecule has 0 unspecified atom stereocenters. The van der Waals surface area contributed by atoms with E-state index in [0.717, 1.165) is 21.5 Å². The van der Waals surface area contributed by atoms with Crippen molar-refractivity contribution >= 4 is 80.7 Å². The number of likely N-dealkylation sites (tertiary alicyclic amines) is 2. The first kappa shape index (κ1) is 93.7. The monoisotopic (exact) mass is 1820 g/mol. The molecule has 8 aromatic carbocycles. The number of aryl methyl sites for hydroxylation is 2. The molecule has 12 aromatic rings. The fourth-order valence-electron chi connectivity index (χ4n) is 17.0. The van der Waals surface area contributed by atoms with Gasteiger partial charge in [0.2, 0.25) is 47.3 Å². The number of carbonyl (C=O) groups is 10. The van der Waals surface area contributed by atoms with Crippen molar-refractivity contribution in [3.63, 3.8) is 0 Å². The van der Waals surface area contributed by atoms with Crippen molar-refractivity contribution in [2.24, 2.45) is 11.8 Å². The zero-order chi connectivity index (χ0) is 94.4. The van der Waals surface area contributed by atoms with Crippen LogP contribution in [0.3, 0.4) is 0 Å². The lowest BCUT2D eigenvalue weighted by molar-refractivity contribution is -0.144. The zero-order valence-corrected chi connectivity index (χ0v) is 75.7. The predicted octanol–water partition coefficient (Wildman–Crippen LogP) is 7.14. The van der Waals surface area contributed by atoms with E-state index in [-0.39, 0.29) is 64.8 Å². The van der Waals surface area contributed by atoms with Crippen molar-refractivity contribution in [1.82, 2.24) is 112 Å². The van der Waals surface area contributed by atoms with E-state index in [1.54, 1.807) is 148 Å². The Labute approximate surface area is 773 Å². The number of rotatable bonds is 16. The normalized spacial score (nSPS) is 20.0. The molecule has 36 nitrogen and oxygen atoms in total. The quantitative estimate of drug-likeness (QED) is 0.0459. The Bertz CT molecular complexity index is 5880. The van der Waals surface area contributed by atoms with Gasteiger partial charge in [-0.25, -0.2) is 19.0 Å². The topological polar surface area (TPSA) is 455 Å². The molecular weight excluding hydrogens is 1710 g/mol. The molecule has 4 aromatic heterocycles. The Morgan fingerprint density at radius 1 is 0.425 bits per heavy atom. The lowest BCUT2D eigenvalue weighted by Crippen LogP contribution is -2.59. The Hall–Kier alpha value is -14.9. The maximum absolute atomic E-state index is 15.4. The first-order valence-corrected chi connectivity index (χ1v) is 45.1. The van der Waals surface area contributed by atoms with Gasteiger partial charge in [-0.15, -0.1) is 20.4 Å². The first-order chi connectivity index (χ1) is 64.6. The third kappa shape index (κ3) is 22.8. The molecular formula is C98H110N22O14. The summed E-state index contributed by atoms with van der Waals surface area (Å²) in [5, 5.41) is 84.4. The van der Waals surface area contributed by atoms with Crippen LogP contribution >= 0.6 is 0 Å². The predicted molar refractivity (Wildman–Crippen MR) is 497 cm³/mol. The first-order valence-electron chi connectivity index (χ1n) is 45.1. The fraction of sp³-hybridized carbons (Fsp3) is 0.367. The summed E-state index contributed by atoms with van der Waals surface area (Å²) in [7, 11) is 3.25. The van der Waals surface area contributed by atoms with Crippen molar-refractivity contribution in [2.45, 2.75) is 179 Å². The minimum Gasteiger partial charge on any atom is -0.494 e. The molecule has 134 heavy (non-hydrogen) atoms. The number of amides is 8. The maximum atomic E-state index is 15.4. The van der Waals surface area contributed by atoms with Crippen LogP contribution in [0, 0.1) is 11.8 Å². The van der Waals surface area contributed by atoms with Gasteiger partial charge < -0.3 is 72.0 Å². The van der Waals surface area contributed by atoms with Crippen LogP contribution in [0.4, 0.5) is 0 Å². The number of fused-ring (bicyclic) bond motifs is 2. The third-order valence-corrected chi connectivity index (χ3v) is 24.9.